The molecule has 1 atom stereocenters. The van der Waals surface area contributed by atoms with Crippen molar-refractivity contribution < 1.29 is 23.8 Å². The average molecular weight is 320 g/mol. The van der Waals surface area contributed by atoms with Crippen LogP contribution >= 0.6 is 0 Å². The molecule has 0 spiro atoms. The van der Waals surface area contributed by atoms with Crippen LogP contribution in [0.25, 0.3) is 0 Å². The number of carbonyl (C=O) groups excluding carboxylic acids is 2. The lowest BCUT2D eigenvalue weighted by Crippen LogP contribution is -2.19. The van der Waals surface area contributed by atoms with Gasteiger partial charge in [0.05, 0.1) is 32.3 Å². The Kier molecular flexibility index (Phi) is 6.02. The van der Waals surface area contributed by atoms with E-state index in [1.54, 1.807) is 19.2 Å². The van der Waals surface area contributed by atoms with Gasteiger partial charge in [0, 0.05) is 12.5 Å². The van der Waals surface area contributed by atoms with Gasteiger partial charge in [-0.05, 0) is 37.8 Å². The predicted molar refractivity (Wildman–Crippen MR) is 86.2 cm³/mol. The highest BCUT2D eigenvalue weighted by Gasteiger charge is 2.22. The van der Waals surface area contributed by atoms with Crippen molar-refractivity contribution in [2.45, 2.75) is 51.6 Å². The third-order valence-corrected chi connectivity index (χ3v) is 4.07. The fourth-order valence-corrected chi connectivity index (χ4v) is 2.88. The minimum atomic E-state index is -0.331. The number of rotatable bonds is 2. The number of hydrogen-bond donors (Lipinski definition) is 0. The van der Waals surface area contributed by atoms with E-state index in [1.807, 2.05) is 6.92 Å². The molecule has 2 rings (SSSR count). The molecule has 0 amide bonds. The quantitative estimate of drug-likeness (QED) is 0.782. The zero-order valence-corrected chi connectivity index (χ0v) is 14.0. The lowest BCUT2D eigenvalue weighted by Gasteiger charge is -2.18. The average Bonchev–Trinajstić information content (AvgIpc) is 2.52. The highest BCUT2D eigenvalue weighted by molar-refractivity contribution is 6.01. The number of esters is 1. The van der Waals surface area contributed by atoms with E-state index < -0.39 is 0 Å². The zero-order chi connectivity index (χ0) is 16.8. The first kappa shape index (κ1) is 17.3. The van der Waals surface area contributed by atoms with Gasteiger partial charge in [0.2, 0.25) is 0 Å². The summed E-state index contributed by atoms with van der Waals surface area (Å²) in [5, 5.41) is 0. The Morgan fingerprint density at radius 2 is 1.87 bits per heavy atom. The molecule has 0 aliphatic carbocycles. The topological polar surface area (TPSA) is 61.8 Å². The molecule has 5 nitrogen and oxygen atoms in total. The summed E-state index contributed by atoms with van der Waals surface area (Å²) in [7, 11) is 3.05. The number of ether oxygens (including phenoxy) is 3. The Bertz CT molecular complexity index is 579. The molecule has 0 saturated carbocycles. The van der Waals surface area contributed by atoms with Gasteiger partial charge in [-0.25, -0.2) is 0 Å². The van der Waals surface area contributed by atoms with Crippen LogP contribution in [0.3, 0.4) is 0 Å². The summed E-state index contributed by atoms with van der Waals surface area (Å²) in [5.74, 6) is 0.673. The summed E-state index contributed by atoms with van der Waals surface area (Å²) in [5.41, 5.74) is 1.07. The molecule has 1 aromatic carbocycles. The van der Waals surface area contributed by atoms with E-state index >= 15 is 0 Å². The molecule has 0 fully saturated rings. The minimum absolute atomic E-state index is 0.000856. The smallest absolute Gasteiger partial charge is 0.310 e. The van der Waals surface area contributed by atoms with Crippen molar-refractivity contribution in [3.8, 4) is 11.5 Å². The molecule has 0 aromatic heterocycles. The Balaban J connectivity index is 2.43. The van der Waals surface area contributed by atoms with Crippen molar-refractivity contribution in [2.75, 3.05) is 14.2 Å². The van der Waals surface area contributed by atoms with Crippen LogP contribution in [-0.4, -0.2) is 32.1 Å². The van der Waals surface area contributed by atoms with Crippen molar-refractivity contribution in [3.63, 3.8) is 0 Å². The van der Waals surface area contributed by atoms with Crippen LogP contribution in [0.1, 0.15) is 54.9 Å². The molecule has 23 heavy (non-hydrogen) atoms. The van der Waals surface area contributed by atoms with Gasteiger partial charge in [-0.3, -0.25) is 9.59 Å². The summed E-state index contributed by atoms with van der Waals surface area (Å²) in [6, 6.07) is 3.39. The van der Waals surface area contributed by atoms with Gasteiger partial charge in [0.15, 0.2) is 5.78 Å². The minimum Gasteiger partial charge on any atom is -0.497 e. The summed E-state index contributed by atoms with van der Waals surface area (Å²) in [6.07, 6.45) is 3.95. The number of hydrogen-bond acceptors (Lipinski definition) is 5. The van der Waals surface area contributed by atoms with Crippen molar-refractivity contribution >= 4 is 11.8 Å². The normalized spacial score (nSPS) is 19.9. The number of ketones is 1. The zero-order valence-electron chi connectivity index (χ0n) is 14.0. The molecule has 1 aliphatic heterocycles. The second kappa shape index (κ2) is 7.99. The fraction of sp³-hybridized carbons (Fsp3) is 0.556. The number of benzene rings is 1. The Hall–Kier alpha value is -2.04. The Morgan fingerprint density at radius 3 is 2.57 bits per heavy atom. The molecular weight excluding hydrogens is 296 g/mol. The monoisotopic (exact) mass is 320 g/mol. The van der Waals surface area contributed by atoms with Crippen LogP contribution < -0.4 is 9.47 Å². The van der Waals surface area contributed by atoms with E-state index in [4.69, 9.17) is 14.2 Å². The summed E-state index contributed by atoms with van der Waals surface area (Å²) >= 11 is 0. The number of fused-ring (bicyclic) bond motifs is 1. The van der Waals surface area contributed by atoms with E-state index in [-0.39, 0.29) is 24.3 Å². The third-order valence-electron chi connectivity index (χ3n) is 4.07. The molecule has 1 heterocycles. The first-order valence-corrected chi connectivity index (χ1v) is 8.02. The van der Waals surface area contributed by atoms with Crippen molar-refractivity contribution in [1.29, 1.82) is 0 Å². The maximum atomic E-state index is 12.6. The first-order valence-electron chi connectivity index (χ1n) is 8.02. The highest BCUT2D eigenvalue weighted by atomic mass is 16.5. The van der Waals surface area contributed by atoms with Crippen LogP contribution in [0.15, 0.2) is 12.1 Å². The van der Waals surface area contributed by atoms with Crippen LogP contribution in [0.2, 0.25) is 0 Å². The van der Waals surface area contributed by atoms with Crippen molar-refractivity contribution in [3.05, 3.63) is 23.3 Å². The Morgan fingerprint density at radius 1 is 1.09 bits per heavy atom. The standard InChI is InChI=1S/C18H24O5/c1-12-7-5-4-6-8-15(19)18-13(10-17(20)23-12)9-14(21-2)11-16(18)22-3/h9,11-12H,4-8,10H2,1-3H3/t12-/m1/s1. The molecule has 0 N–H and O–H groups in total. The molecule has 0 bridgehead atoms. The third kappa shape index (κ3) is 4.47. The molecule has 1 aromatic rings. The maximum Gasteiger partial charge on any atom is 0.310 e. The number of Topliss-reactive ketones (excluding diaryl/α,β-unsaturated/α-hetero) is 1. The van der Waals surface area contributed by atoms with E-state index in [1.165, 1.54) is 7.11 Å². The van der Waals surface area contributed by atoms with Gasteiger partial charge in [-0.2, -0.15) is 0 Å². The van der Waals surface area contributed by atoms with Crippen LogP contribution in [0, 0.1) is 0 Å². The second-order valence-electron chi connectivity index (χ2n) is 5.86. The largest absolute Gasteiger partial charge is 0.497 e. The van der Waals surface area contributed by atoms with E-state index in [0.29, 0.717) is 29.0 Å². The number of carbonyl (C=O) groups is 2. The molecule has 5 heteroatoms. The SMILES string of the molecule is COc1cc2c(c(OC)c1)C(=O)CCCCC[C@@H](C)OC(=O)C2. The molecular formula is C18H24O5. The van der Waals surface area contributed by atoms with Gasteiger partial charge in [-0.15, -0.1) is 0 Å². The fourth-order valence-electron chi connectivity index (χ4n) is 2.88. The summed E-state index contributed by atoms with van der Waals surface area (Å²) in [4.78, 5) is 24.8. The van der Waals surface area contributed by atoms with Crippen molar-refractivity contribution in [2.24, 2.45) is 0 Å². The van der Waals surface area contributed by atoms with Gasteiger partial charge in [0.25, 0.3) is 0 Å². The molecule has 126 valence electrons. The lowest BCUT2D eigenvalue weighted by molar-refractivity contribution is -0.147. The Labute approximate surface area is 136 Å². The highest BCUT2D eigenvalue weighted by Crippen LogP contribution is 2.31. The molecule has 0 saturated heterocycles. The molecule has 1 aliphatic rings. The predicted octanol–water partition coefficient (Wildman–Crippen LogP) is 3.32. The summed E-state index contributed by atoms with van der Waals surface area (Å²) in [6.45, 7) is 1.90. The van der Waals surface area contributed by atoms with Crippen LogP contribution in [0.5, 0.6) is 11.5 Å². The van der Waals surface area contributed by atoms with Gasteiger partial charge < -0.3 is 14.2 Å². The summed E-state index contributed by atoms with van der Waals surface area (Å²) < 4.78 is 16.0. The van der Waals surface area contributed by atoms with Gasteiger partial charge in [-0.1, -0.05) is 6.42 Å². The van der Waals surface area contributed by atoms with Gasteiger partial charge >= 0.3 is 5.97 Å². The number of cyclic esters (lactones) is 1. The first-order chi connectivity index (χ1) is 11.0. The van der Waals surface area contributed by atoms with E-state index in [2.05, 4.69) is 0 Å². The van der Waals surface area contributed by atoms with E-state index in [0.717, 1.165) is 25.7 Å². The number of methoxy groups -OCH3 is 2. The second-order valence-corrected chi connectivity index (χ2v) is 5.86. The van der Waals surface area contributed by atoms with Gasteiger partial charge in [0.1, 0.15) is 11.5 Å². The van der Waals surface area contributed by atoms with Crippen molar-refractivity contribution in [1.82, 2.24) is 0 Å². The van der Waals surface area contributed by atoms with E-state index in [9.17, 15) is 9.59 Å². The van der Waals surface area contributed by atoms with Crippen LogP contribution in [-0.2, 0) is 16.0 Å². The van der Waals surface area contributed by atoms with Crippen LogP contribution in [0.4, 0.5) is 0 Å². The molecule has 0 radical (unpaired) electrons. The molecule has 0 unspecified atom stereocenters. The lowest BCUT2D eigenvalue weighted by atomic mass is 9.95. The maximum absolute atomic E-state index is 12.6.